The number of carbonyl (C=O) groups is 1. The van der Waals surface area contributed by atoms with Crippen LogP contribution in [0.5, 0.6) is 5.75 Å². The van der Waals surface area contributed by atoms with Crippen molar-refractivity contribution in [3.05, 3.63) is 63.9 Å². The van der Waals surface area contributed by atoms with Crippen molar-refractivity contribution in [2.75, 3.05) is 0 Å². The van der Waals surface area contributed by atoms with E-state index in [0.717, 1.165) is 10.9 Å². The second kappa shape index (κ2) is 6.62. The first-order valence-electron chi connectivity index (χ1n) is 7.59. The molecule has 1 aromatic carbocycles. The summed E-state index contributed by atoms with van der Waals surface area (Å²) < 4.78 is 10.4. The van der Waals surface area contributed by atoms with E-state index < -0.39 is 5.63 Å². The lowest BCUT2D eigenvalue weighted by Crippen LogP contribution is -2.24. The van der Waals surface area contributed by atoms with Gasteiger partial charge in [0.2, 0.25) is 5.91 Å². The van der Waals surface area contributed by atoms with Gasteiger partial charge in [-0.2, -0.15) is 0 Å². The maximum Gasteiger partial charge on any atom is 0.339 e. The van der Waals surface area contributed by atoms with Crippen molar-refractivity contribution in [2.45, 2.75) is 26.3 Å². The molecule has 0 saturated heterocycles. The van der Waals surface area contributed by atoms with E-state index in [2.05, 4.69) is 5.32 Å². The predicted molar refractivity (Wildman–Crippen MR) is 87.8 cm³/mol. The number of rotatable bonds is 5. The summed E-state index contributed by atoms with van der Waals surface area (Å²) in [6.45, 7) is 2.13. The highest BCUT2D eigenvalue weighted by Crippen LogP contribution is 2.23. The van der Waals surface area contributed by atoms with Crippen molar-refractivity contribution in [1.29, 1.82) is 0 Å². The molecule has 0 spiro atoms. The van der Waals surface area contributed by atoms with Gasteiger partial charge in [-0.3, -0.25) is 4.79 Å². The topological polar surface area (TPSA) is 92.7 Å². The molecule has 0 aliphatic carbocycles. The molecule has 24 heavy (non-hydrogen) atoms. The highest BCUT2D eigenvalue weighted by Gasteiger charge is 2.13. The minimum Gasteiger partial charge on any atom is -0.508 e. The van der Waals surface area contributed by atoms with Crippen LogP contribution in [0.2, 0.25) is 0 Å². The number of aryl methyl sites for hydroxylation is 1. The Kier molecular flexibility index (Phi) is 4.37. The van der Waals surface area contributed by atoms with E-state index in [1.54, 1.807) is 24.5 Å². The fourth-order valence-electron chi connectivity index (χ4n) is 2.60. The van der Waals surface area contributed by atoms with Gasteiger partial charge in [0.15, 0.2) is 0 Å². The minimum atomic E-state index is -0.482. The van der Waals surface area contributed by atoms with Gasteiger partial charge in [-0.25, -0.2) is 4.79 Å². The minimum absolute atomic E-state index is 0.0371. The van der Waals surface area contributed by atoms with Crippen molar-refractivity contribution in [3.63, 3.8) is 0 Å². The van der Waals surface area contributed by atoms with Crippen LogP contribution < -0.4 is 10.9 Å². The quantitative estimate of drug-likeness (QED) is 0.703. The lowest BCUT2D eigenvalue weighted by Gasteiger charge is -2.08. The monoisotopic (exact) mass is 327 g/mol. The lowest BCUT2D eigenvalue weighted by atomic mass is 10.0. The molecule has 0 saturated carbocycles. The van der Waals surface area contributed by atoms with Crippen molar-refractivity contribution in [2.24, 2.45) is 0 Å². The number of aromatic hydroxyl groups is 1. The zero-order valence-corrected chi connectivity index (χ0v) is 13.2. The summed E-state index contributed by atoms with van der Waals surface area (Å²) in [5.41, 5.74) is 1.09. The Bertz CT molecular complexity index is 924. The third-order valence-electron chi connectivity index (χ3n) is 3.91. The summed E-state index contributed by atoms with van der Waals surface area (Å²) in [6.07, 6.45) is 2.01. The lowest BCUT2D eigenvalue weighted by molar-refractivity contribution is -0.121. The summed E-state index contributed by atoms with van der Waals surface area (Å²) in [5, 5.41) is 13.0. The summed E-state index contributed by atoms with van der Waals surface area (Å²) in [7, 11) is 0. The molecule has 0 radical (unpaired) electrons. The molecule has 1 amide bonds. The smallest absolute Gasteiger partial charge is 0.339 e. The molecule has 0 unspecified atom stereocenters. The van der Waals surface area contributed by atoms with E-state index in [4.69, 9.17) is 8.83 Å². The highest BCUT2D eigenvalue weighted by atomic mass is 16.4. The van der Waals surface area contributed by atoms with Gasteiger partial charge in [-0.15, -0.1) is 0 Å². The van der Waals surface area contributed by atoms with Crippen LogP contribution in [0.15, 0.2) is 50.2 Å². The Morgan fingerprint density at radius 2 is 2.12 bits per heavy atom. The van der Waals surface area contributed by atoms with E-state index in [9.17, 15) is 14.7 Å². The highest BCUT2D eigenvalue weighted by molar-refractivity contribution is 5.82. The van der Waals surface area contributed by atoms with Gasteiger partial charge in [0.25, 0.3) is 0 Å². The van der Waals surface area contributed by atoms with E-state index in [-0.39, 0.29) is 24.5 Å². The van der Waals surface area contributed by atoms with Gasteiger partial charge < -0.3 is 19.3 Å². The zero-order valence-electron chi connectivity index (χ0n) is 13.2. The molecule has 3 aromatic rings. The van der Waals surface area contributed by atoms with E-state index >= 15 is 0 Å². The average Bonchev–Trinajstić information content (AvgIpc) is 3.05. The van der Waals surface area contributed by atoms with Crippen molar-refractivity contribution >= 4 is 16.9 Å². The first-order valence-corrected chi connectivity index (χ1v) is 7.59. The molecule has 0 atom stereocenters. The predicted octanol–water partition coefficient (Wildman–Crippen LogP) is 2.65. The van der Waals surface area contributed by atoms with Gasteiger partial charge in [-0.05, 0) is 43.2 Å². The third-order valence-corrected chi connectivity index (χ3v) is 3.91. The largest absolute Gasteiger partial charge is 0.508 e. The Balaban J connectivity index is 1.71. The maximum absolute atomic E-state index is 12.1. The summed E-state index contributed by atoms with van der Waals surface area (Å²) >= 11 is 0. The van der Waals surface area contributed by atoms with Gasteiger partial charge in [0.05, 0.1) is 12.8 Å². The molecule has 0 bridgehead atoms. The van der Waals surface area contributed by atoms with E-state index in [0.29, 0.717) is 23.5 Å². The number of phenols is 1. The Hall–Kier alpha value is -3.02. The maximum atomic E-state index is 12.1. The summed E-state index contributed by atoms with van der Waals surface area (Å²) in [4.78, 5) is 24.1. The number of fused-ring (bicyclic) bond motifs is 1. The van der Waals surface area contributed by atoms with E-state index in [1.807, 2.05) is 6.92 Å². The number of hydrogen-bond donors (Lipinski definition) is 2. The number of benzene rings is 1. The molecule has 124 valence electrons. The van der Waals surface area contributed by atoms with Crippen LogP contribution in [-0.4, -0.2) is 11.0 Å². The molecule has 6 nitrogen and oxygen atoms in total. The van der Waals surface area contributed by atoms with Crippen LogP contribution in [0, 0.1) is 6.92 Å². The number of hydrogen-bond acceptors (Lipinski definition) is 5. The normalized spacial score (nSPS) is 10.9. The molecule has 2 N–H and O–H groups in total. The molecule has 6 heteroatoms. The number of phenolic OH excluding ortho intramolecular Hbond substituents is 1. The summed E-state index contributed by atoms with van der Waals surface area (Å²) in [5.74, 6) is 0.538. The molecular formula is C18H17NO5. The molecule has 2 heterocycles. The van der Waals surface area contributed by atoms with Crippen LogP contribution in [0.3, 0.4) is 0 Å². The third kappa shape index (κ3) is 3.32. The average molecular weight is 327 g/mol. The number of amides is 1. The van der Waals surface area contributed by atoms with Crippen LogP contribution in [0.4, 0.5) is 0 Å². The van der Waals surface area contributed by atoms with Crippen LogP contribution in [0.25, 0.3) is 11.0 Å². The summed E-state index contributed by atoms with van der Waals surface area (Å²) in [6, 6.07) is 8.17. The molecule has 0 fully saturated rings. The van der Waals surface area contributed by atoms with Crippen molar-refractivity contribution in [3.8, 4) is 5.75 Å². The van der Waals surface area contributed by atoms with Crippen LogP contribution in [0.1, 0.15) is 23.3 Å². The van der Waals surface area contributed by atoms with Gasteiger partial charge in [0, 0.05) is 23.4 Å². The molecule has 3 rings (SSSR count). The number of nitrogens with one attached hydrogen (secondary N) is 1. The van der Waals surface area contributed by atoms with Gasteiger partial charge >= 0.3 is 5.63 Å². The zero-order chi connectivity index (χ0) is 17.1. The first kappa shape index (κ1) is 15.9. The molecular weight excluding hydrogens is 310 g/mol. The van der Waals surface area contributed by atoms with Crippen LogP contribution >= 0.6 is 0 Å². The number of furan rings is 1. The standard InChI is InChI=1S/C18H17NO5/c1-11-14-5-4-12(20)9-16(14)24-18(22)15(11)6-7-17(21)19-10-13-3-2-8-23-13/h2-5,8-9,20H,6-7,10H2,1H3,(H,19,21). The van der Waals surface area contributed by atoms with Crippen molar-refractivity contribution in [1.82, 2.24) is 5.32 Å². The second-order valence-corrected chi connectivity index (χ2v) is 5.53. The number of carbonyl (C=O) groups excluding carboxylic acids is 1. The fourth-order valence-corrected chi connectivity index (χ4v) is 2.60. The fraction of sp³-hybridized carbons (Fsp3) is 0.222. The van der Waals surface area contributed by atoms with Gasteiger partial charge in [-0.1, -0.05) is 0 Å². The molecule has 0 aliphatic heterocycles. The Morgan fingerprint density at radius 3 is 2.88 bits per heavy atom. The Labute approximate surface area is 137 Å². The Morgan fingerprint density at radius 1 is 1.29 bits per heavy atom. The molecule has 2 aromatic heterocycles. The van der Waals surface area contributed by atoms with E-state index in [1.165, 1.54) is 12.1 Å². The van der Waals surface area contributed by atoms with Crippen LogP contribution in [-0.2, 0) is 17.8 Å². The van der Waals surface area contributed by atoms with Crippen molar-refractivity contribution < 1.29 is 18.7 Å². The molecule has 0 aliphatic rings. The first-order chi connectivity index (χ1) is 11.5. The van der Waals surface area contributed by atoms with Gasteiger partial charge in [0.1, 0.15) is 17.1 Å². The SMILES string of the molecule is Cc1c(CCC(=O)NCc2ccco2)c(=O)oc2cc(O)ccc12. The second-order valence-electron chi connectivity index (χ2n) is 5.53.